The fourth-order valence-electron chi connectivity index (χ4n) is 1.17. The van der Waals surface area contributed by atoms with Crippen LogP contribution in [0.4, 0.5) is 5.69 Å². The van der Waals surface area contributed by atoms with Crippen LogP contribution in [0, 0.1) is 6.92 Å². The number of nitrogens with two attached hydrogens (primary N) is 1. The van der Waals surface area contributed by atoms with Crippen LogP contribution in [0.1, 0.15) is 5.56 Å². The highest BCUT2D eigenvalue weighted by molar-refractivity contribution is 5.53. The van der Waals surface area contributed by atoms with Crippen molar-refractivity contribution in [1.82, 2.24) is 10.2 Å². The summed E-state index contributed by atoms with van der Waals surface area (Å²) in [6.07, 6.45) is 6.91. The van der Waals surface area contributed by atoms with Crippen molar-refractivity contribution >= 4 is 5.69 Å². The molecule has 0 bridgehead atoms. The van der Waals surface area contributed by atoms with Crippen LogP contribution in [-0.2, 0) is 0 Å². The van der Waals surface area contributed by atoms with Crippen LogP contribution in [0.25, 0.3) is 5.43 Å². The van der Waals surface area contributed by atoms with E-state index in [4.69, 9.17) is 5.84 Å². The Labute approximate surface area is 76.4 Å². The van der Waals surface area contributed by atoms with Crippen LogP contribution < -0.4 is 10.9 Å². The van der Waals surface area contributed by atoms with Gasteiger partial charge in [-0.25, -0.2) is 5.23 Å². The number of aryl methyl sites for hydroxylation is 1. The number of hydrogen-bond acceptors (Lipinski definition) is 4. The van der Waals surface area contributed by atoms with Gasteiger partial charge in [0.05, 0.1) is 11.9 Å². The summed E-state index contributed by atoms with van der Waals surface area (Å²) in [5.74, 6) is 5.58. The quantitative estimate of drug-likeness (QED) is 0.650. The van der Waals surface area contributed by atoms with Crippen molar-refractivity contribution in [2.75, 3.05) is 5.01 Å². The Kier molecular flexibility index (Phi) is 1.88. The average molecular weight is 176 g/mol. The first-order valence-corrected chi connectivity index (χ1v) is 3.91. The van der Waals surface area contributed by atoms with Gasteiger partial charge in [0.2, 0.25) is 0 Å². The molecule has 0 unspecified atom stereocenters. The minimum Gasteiger partial charge on any atom is -0.591 e. The van der Waals surface area contributed by atoms with E-state index in [9.17, 15) is 0 Å². The van der Waals surface area contributed by atoms with Gasteiger partial charge in [-0.3, -0.25) is 15.8 Å². The predicted molar refractivity (Wildman–Crippen MR) is 50.0 cm³/mol. The van der Waals surface area contributed by atoms with Crippen LogP contribution in [0.5, 0.6) is 0 Å². The summed E-state index contributed by atoms with van der Waals surface area (Å²) >= 11 is 0. The molecule has 1 aliphatic heterocycles. The van der Waals surface area contributed by atoms with Gasteiger partial charge in [-0.05, 0) is 18.6 Å². The number of nitrogens with zero attached hydrogens (tertiary/aromatic N) is 4. The van der Waals surface area contributed by atoms with Gasteiger partial charge >= 0.3 is 0 Å². The first kappa shape index (κ1) is 8.03. The summed E-state index contributed by atoms with van der Waals surface area (Å²) in [7, 11) is 0. The van der Waals surface area contributed by atoms with Gasteiger partial charge in [0, 0.05) is 12.4 Å². The van der Waals surface area contributed by atoms with E-state index in [1.54, 1.807) is 29.8 Å². The summed E-state index contributed by atoms with van der Waals surface area (Å²) in [5.41, 5.74) is 5.90. The number of pyridine rings is 1. The molecule has 5 heteroatoms. The monoisotopic (exact) mass is 176 g/mol. The highest BCUT2D eigenvalue weighted by Crippen LogP contribution is 2.23. The molecule has 0 spiro atoms. The van der Waals surface area contributed by atoms with Gasteiger partial charge < -0.3 is 5.43 Å². The van der Waals surface area contributed by atoms with E-state index in [2.05, 4.69) is 10.4 Å². The number of aromatic nitrogens is 1. The number of anilines is 1. The maximum Gasteiger partial charge on any atom is 0.0785 e. The van der Waals surface area contributed by atoms with Gasteiger partial charge in [0.25, 0.3) is 0 Å². The van der Waals surface area contributed by atoms with E-state index < -0.39 is 0 Å². The molecule has 2 rings (SSSR count). The summed E-state index contributed by atoms with van der Waals surface area (Å²) in [6.45, 7) is 2.00. The zero-order valence-corrected chi connectivity index (χ0v) is 7.25. The molecule has 0 amide bonds. The smallest absolute Gasteiger partial charge is 0.0785 e. The molecular formula is C8H10N5-. The summed E-state index contributed by atoms with van der Waals surface area (Å²) < 4.78 is 0. The van der Waals surface area contributed by atoms with Crippen molar-refractivity contribution in [2.24, 2.45) is 5.84 Å². The Bertz CT molecular complexity index is 335. The number of hydrogen-bond donors (Lipinski definition) is 1. The number of hydrazine groups is 2. The van der Waals surface area contributed by atoms with Crippen molar-refractivity contribution in [3.63, 3.8) is 0 Å². The second-order valence-electron chi connectivity index (χ2n) is 2.74. The van der Waals surface area contributed by atoms with Gasteiger partial charge in [-0.2, -0.15) is 0 Å². The molecule has 1 aromatic rings. The molecule has 0 aromatic carbocycles. The van der Waals surface area contributed by atoms with Gasteiger partial charge in [0.1, 0.15) is 0 Å². The van der Waals surface area contributed by atoms with Crippen molar-refractivity contribution < 1.29 is 0 Å². The highest BCUT2D eigenvalue weighted by Gasteiger charge is 2.08. The normalized spacial score (nSPS) is 16.3. The Balaban J connectivity index is 2.35. The average Bonchev–Trinajstić information content (AvgIpc) is 2.52. The molecule has 0 fully saturated rings. The molecule has 1 aromatic heterocycles. The SMILES string of the molecule is Cc1ccncc1N1C=C[N-]N1N. The molecule has 2 heterocycles. The van der Waals surface area contributed by atoms with Crippen molar-refractivity contribution in [3.8, 4) is 0 Å². The van der Waals surface area contributed by atoms with E-state index in [-0.39, 0.29) is 0 Å². The lowest BCUT2D eigenvalue weighted by molar-refractivity contribution is 0.392. The maximum atomic E-state index is 5.58. The van der Waals surface area contributed by atoms with Crippen molar-refractivity contribution in [2.45, 2.75) is 6.92 Å². The third-order valence-electron chi connectivity index (χ3n) is 1.87. The van der Waals surface area contributed by atoms with E-state index in [0.29, 0.717) is 0 Å². The third-order valence-corrected chi connectivity index (χ3v) is 1.87. The predicted octanol–water partition coefficient (Wildman–Crippen LogP) is 1.06. The molecule has 0 saturated heterocycles. The lowest BCUT2D eigenvalue weighted by Crippen LogP contribution is -2.37. The van der Waals surface area contributed by atoms with Gasteiger partial charge in [0.15, 0.2) is 0 Å². The molecule has 13 heavy (non-hydrogen) atoms. The molecule has 68 valence electrons. The lowest BCUT2D eigenvalue weighted by atomic mass is 10.2. The summed E-state index contributed by atoms with van der Waals surface area (Å²) in [4.78, 5) is 4.03. The summed E-state index contributed by atoms with van der Waals surface area (Å²) in [5, 5.41) is 2.99. The van der Waals surface area contributed by atoms with E-state index in [1.165, 1.54) is 5.23 Å². The van der Waals surface area contributed by atoms with E-state index in [1.807, 2.05) is 13.0 Å². The fourth-order valence-corrected chi connectivity index (χ4v) is 1.17. The lowest BCUT2D eigenvalue weighted by Gasteiger charge is -2.33. The van der Waals surface area contributed by atoms with E-state index in [0.717, 1.165) is 11.3 Å². The summed E-state index contributed by atoms with van der Waals surface area (Å²) in [6, 6.07) is 1.93. The first-order valence-electron chi connectivity index (χ1n) is 3.91. The number of rotatable bonds is 1. The Morgan fingerprint density at radius 1 is 1.54 bits per heavy atom. The third kappa shape index (κ3) is 1.34. The maximum absolute atomic E-state index is 5.58. The molecular weight excluding hydrogens is 166 g/mol. The Morgan fingerprint density at radius 2 is 2.38 bits per heavy atom. The van der Waals surface area contributed by atoms with Crippen molar-refractivity contribution in [3.05, 3.63) is 41.8 Å². The van der Waals surface area contributed by atoms with Crippen LogP contribution in [0.2, 0.25) is 0 Å². The Hall–Kier alpha value is -1.59. The van der Waals surface area contributed by atoms with Crippen LogP contribution in [0.3, 0.4) is 0 Å². The zero-order valence-electron chi connectivity index (χ0n) is 7.25. The standard InChI is InChI=1S/C8H10N5/c1-7-2-3-10-6-8(7)12-5-4-11-13(12)9/h2-6H,9H2,1H3/q-1. The Morgan fingerprint density at radius 3 is 3.00 bits per heavy atom. The fraction of sp³-hybridized carbons (Fsp3) is 0.125. The second-order valence-corrected chi connectivity index (χ2v) is 2.74. The minimum absolute atomic E-state index is 0.933. The molecule has 5 nitrogen and oxygen atoms in total. The van der Waals surface area contributed by atoms with Gasteiger partial charge in [-0.15, -0.1) is 6.20 Å². The van der Waals surface area contributed by atoms with Gasteiger partial charge in [-0.1, -0.05) is 0 Å². The van der Waals surface area contributed by atoms with Crippen LogP contribution in [0.15, 0.2) is 30.9 Å². The zero-order chi connectivity index (χ0) is 9.26. The minimum atomic E-state index is 0.933. The largest absolute Gasteiger partial charge is 0.591 e. The second kappa shape index (κ2) is 3.04. The highest BCUT2D eigenvalue weighted by atomic mass is 15.9. The van der Waals surface area contributed by atoms with E-state index >= 15 is 0 Å². The molecule has 0 saturated carbocycles. The van der Waals surface area contributed by atoms with Crippen LogP contribution in [-0.4, -0.2) is 10.2 Å². The molecule has 0 atom stereocenters. The molecule has 1 aliphatic rings. The molecule has 0 aliphatic carbocycles. The molecule has 2 N–H and O–H groups in total. The van der Waals surface area contributed by atoms with Crippen molar-refractivity contribution in [1.29, 1.82) is 0 Å². The topological polar surface area (TPSA) is 59.5 Å². The first-order chi connectivity index (χ1) is 6.29. The molecule has 0 radical (unpaired) electrons. The van der Waals surface area contributed by atoms with Crippen LogP contribution >= 0.6 is 0 Å².